The standard InChI is InChI=1S/C15H21ClN2O3/c1-10-9-21-12(8-19)6-18(10)7-15(20)17-14-5-3-4-13(16)11(14)2/h3-5,10,12,19H,6-9H2,1-2H3,(H,17,20). The second-order valence-corrected chi connectivity index (χ2v) is 5.78. The molecule has 0 saturated carbocycles. The van der Waals surface area contributed by atoms with E-state index in [1.807, 2.05) is 30.9 Å². The predicted octanol–water partition coefficient (Wildman–Crippen LogP) is 1.67. The molecule has 0 bridgehead atoms. The molecular weight excluding hydrogens is 292 g/mol. The lowest BCUT2D eigenvalue weighted by Gasteiger charge is -2.36. The molecule has 0 radical (unpaired) electrons. The molecule has 5 nitrogen and oxygen atoms in total. The lowest BCUT2D eigenvalue weighted by Crippen LogP contribution is -2.51. The monoisotopic (exact) mass is 312 g/mol. The van der Waals surface area contributed by atoms with E-state index in [4.69, 9.17) is 21.4 Å². The molecule has 2 atom stereocenters. The lowest BCUT2D eigenvalue weighted by atomic mass is 10.2. The molecule has 21 heavy (non-hydrogen) atoms. The van der Waals surface area contributed by atoms with E-state index < -0.39 is 0 Å². The maximum Gasteiger partial charge on any atom is 0.238 e. The Morgan fingerprint density at radius 1 is 1.57 bits per heavy atom. The van der Waals surface area contributed by atoms with Crippen molar-refractivity contribution in [1.29, 1.82) is 0 Å². The van der Waals surface area contributed by atoms with Crippen molar-refractivity contribution in [2.45, 2.75) is 26.0 Å². The number of amides is 1. The van der Waals surface area contributed by atoms with Crippen LogP contribution in [0.15, 0.2) is 18.2 Å². The van der Waals surface area contributed by atoms with Crippen LogP contribution < -0.4 is 5.32 Å². The molecule has 2 rings (SSSR count). The third kappa shape index (κ3) is 4.17. The van der Waals surface area contributed by atoms with Gasteiger partial charge in [0.1, 0.15) is 0 Å². The Hall–Kier alpha value is -1.14. The van der Waals surface area contributed by atoms with Crippen molar-refractivity contribution in [3.05, 3.63) is 28.8 Å². The van der Waals surface area contributed by atoms with Gasteiger partial charge in [0.2, 0.25) is 5.91 Å². The third-order valence-electron chi connectivity index (χ3n) is 3.73. The van der Waals surface area contributed by atoms with E-state index in [-0.39, 0.29) is 31.2 Å². The molecule has 0 aromatic heterocycles. The molecule has 1 saturated heterocycles. The Kier molecular flexibility index (Phi) is 5.58. The Balaban J connectivity index is 1.96. The Bertz CT molecular complexity index is 510. The number of hydrogen-bond acceptors (Lipinski definition) is 4. The number of carbonyl (C=O) groups is 1. The molecule has 6 heteroatoms. The smallest absolute Gasteiger partial charge is 0.238 e. The first-order valence-corrected chi connectivity index (χ1v) is 7.40. The highest BCUT2D eigenvalue weighted by Gasteiger charge is 2.27. The van der Waals surface area contributed by atoms with Crippen molar-refractivity contribution in [1.82, 2.24) is 4.90 Å². The van der Waals surface area contributed by atoms with Crippen molar-refractivity contribution < 1.29 is 14.6 Å². The van der Waals surface area contributed by atoms with Crippen molar-refractivity contribution in [2.24, 2.45) is 0 Å². The van der Waals surface area contributed by atoms with Crippen LogP contribution in [0.1, 0.15) is 12.5 Å². The van der Waals surface area contributed by atoms with Gasteiger partial charge in [0, 0.05) is 23.3 Å². The molecule has 1 amide bonds. The largest absolute Gasteiger partial charge is 0.394 e. The summed E-state index contributed by atoms with van der Waals surface area (Å²) in [4.78, 5) is 14.2. The average Bonchev–Trinajstić information content (AvgIpc) is 2.46. The molecule has 0 aliphatic carbocycles. The summed E-state index contributed by atoms with van der Waals surface area (Å²) in [5, 5.41) is 12.7. The first kappa shape index (κ1) is 16.2. The van der Waals surface area contributed by atoms with Crippen LogP contribution in [0.5, 0.6) is 0 Å². The summed E-state index contributed by atoms with van der Waals surface area (Å²) in [6, 6.07) is 5.59. The van der Waals surface area contributed by atoms with Crippen LogP contribution >= 0.6 is 11.6 Å². The quantitative estimate of drug-likeness (QED) is 0.888. The first-order chi connectivity index (χ1) is 10.0. The number of carbonyl (C=O) groups excluding carboxylic acids is 1. The maximum atomic E-state index is 12.2. The topological polar surface area (TPSA) is 61.8 Å². The number of halogens is 1. The lowest BCUT2D eigenvalue weighted by molar-refractivity contribution is -0.122. The molecule has 0 spiro atoms. The first-order valence-electron chi connectivity index (χ1n) is 7.02. The van der Waals surface area contributed by atoms with Crippen LogP contribution in [0, 0.1) is 6.92 Å². The Labute approximate surface area is 129 Å². The zero-order valence-corrected chi connectivity index (χ0v) is 13.1. The molecule has 1 aromatic carbocycles. The van der Waals surface area contributed by atoms with Crippen LogP contribution in [0.2, 0.25) is 5.02 Å². The minimum atomic E-state index is -0.220. The van der Waals surface area contributed by atoms with Crippen LogP contribution in [-0.4, -0.2) is 54.4 Å². The summed E-state index contributed by atoms with van der Waals surface area (Å²) in [6.45, 7) is 5.20. The van der Waals surface area contributed by atoms with Crippen molar-refractivity contribution in [2.75, 3.05) is 31.6 Å². The summed E-state index contributed by atoms with van der Waals surface area (Å²) < 4.78 is 5.46. The molecule has 1 aromatic rings. The molecule has 1 fully saturated rings. The average molecular weight is 313 g/mol. The van der Waals surface area contributed by atoms with Gasteiger partial charge >= 0.3 is 0 Å². The highest BCUT2D eigenvalue weighted by atomic mass is 35.5. The highest BCUT2D eigenvalue weighted by Crippen LogP contribution is 2.23. The van der Waals surface area contributed by atoms with Gasteiger partial charge in [-0.15, -0.1) is 0 Å². The van der Waals surface area contributed by atoms with E-state index in [1.54, 1.807) is 6.07 Å². The van der Waals surface area contributed by atoms with Crippen molar-refractivity contribution in [3.63, 3.8) is 0 Å². The number of hydrogen-bond donors (Lipinski definition) is 2. The number of ether oxygens (including phenoxy) is 1. The van der Waals surface area contributed by atoms with Crippen LogP contribution in [-0.2, 0) is 9.53 Å². The van der Waals surface area contributed by atoms with Gasteiger partial charge in [0.05, 0.1) is 25.9 Å². The Morgan fingerprint density at radius 2 is 2.33 bits per heavy atom. The van der Waals surface area contributed by atoms with E-state index in [0.717, 1.165) is 11.3 Å². The third-order valence-corrected chi connectivity index (χ3v) is 4.14. The molecule has 1 aliphatic heterocycles. The summed E-state index contributed by atoms with van der Waals surface area (Å²) in [7, 11) is 0. The second-order valence-electron chi connectivity index (χ2n) is 5.38. The fourth-order valence-corrected chi connectivity index (χ4v) is 2.50. The summed E-state index contributed by atoms with van der Waals surface area (Å²) in [5.41, 5.74) is 1.59. The van der Waals surface area contributed by atoms with E-state index in [2.05, 4.69) is 5.32 Å². The normalized spacial score (nSPS) is 23.0. The maximum absolute atomic E-state index is 12.2. The SMILES string of the molecule is Cc1c(Cl)cccc1NC(=O)CN1CC(CO)OCC1C. The van der Waals surface area contributed by atoms with E-state index in [1.165, 1.54) is 0 Å². The van der Waals surface area contributed by atoms with Gasteiger partial charge in [-0.3, -0.25) is 9.69 Å². The van der Waals surface area contributed by atoms with E-state index in [0.29, 0.717) is 18.2 Å². The van der Waals surface area contributed by atoms with Gasteiger partial charge in [-0.2, -0.15) is 0 Å². The molecule has 1 heterocycles. The fraction of sp³-hybridized carbons (Fsp3) is 0.533. The number of rotatable bonds is 4. The van der Waals surface area contributed by atoms with Gasteiger partial charge in [0.25, 0.3) is 0 Å². The van der Waals surface area contributed by atoms with Gasteiger partial charge in [0.15, 0.2) is 0 Å². The van der Waals surface area contributed by atoms with Gasteiger partial charge in [-0.05, 0) is 31.5 Å². The minimum absolute atomic E-state index is 0.0295. The number of anilines is 1. The predicted molar refractivity (Wildman–Crippen MR) is 82.7 cm³/mol. The summed E-state index contributed by atoms with van der Waals surface area (Å²) >= 11 is 6.04. The van der Waals surface area contributed by atoms with Gasteiger partial charge in [-0.25, -0.2) is 0 Å². The van der Waals surface area contributed by atoms with Crippen LogP contribution in [0.3, 0.4) is 0 Å². The zero-order valence-electron chi connectivity index (χ0n) is 12.3. The van der Waals surface area contributed by atoms with Crippen LogP contribution in [0.4, 0.5) is 5.69 Å². The number of aliphatic hydroxyl groups excluding tert-OH is 1. The zero-order chi connectivity index (χ0) is 15.4. The number of nitrogens with one attached hydrogen (secondary N) is 1. The van der Waals surface area contributed by atoms with E-state index >= 15 is 0 Å². The number of benzene rings is 1. The van der Waals surface area contributed by atoms with Crippen molar-refractivity contribution >= 4 is 23.2 Å². The molecule has 1 aliphatic rings. The van der Waals surface area contributed by atoms with Crippen molar-refractivity contribution in [3.8, 4) is 0 Å². The van der Waals surface area contributed by atoms with Gasteiger partial charge < -0.3 is 15.2 Å². The summed E-state index contributed by atoms with van der Waals surface area (Å²) in [5.74, 6) is -0.0918. The molecule has 116 valence electrons. The second kappa shape index (κ2) is 7.22. The number of aliphatic hydroxyl groups is 1. The van der Waals surface area contributed by atoms with Gasteiger partial charge in [-0.1, -0.05) is 17.7 Å². The summed E-state index contributed by atoms with van der Waals surface area (Å²) in [6.07, 6.45) is -0.220. The minimum Gasteiger partial charge on any atom is -0.394 e. The molecule has 2 unspecified atom stereocenters. The molecule has 2 N–H and O–H groups in total. The van der Waals surface area contributed by atoms with Crippen LogP contribution in [0.25, 0.3) is 0 Å². The Morgan fingerprint density at radius 3 is 3.05 bits per heavy atom. The number of morpholine rings is 1. The molecular formula is C15H21ClN2O3. The fourth-order valence-electron chi connectivity index (χ4n) is 2.32. The number of nitrogens with zero attached hydrogens (tertiary/aromatic N) is 1. The highest BCUT2D eigenvalue weighted by molar-refractivity contribution is 6.31. The van der Waals surface area contributed by atoms with E-state index in [9.17, 15) is 4.79 Å².